The minimum atomic E-state index is -0.169. The van der Waals surface area contributed by atoms with Crippen LogP contribution in [0.15, 0.2) is 24.1 Å². The molecular formula is C6H5ClF. The third kappa shape index (κ3) is 1.34. The molecule has 0 aromatic carbocycles. The molecule has 0 fully saturated rings. The minimum Gasteiger partial charge on any atom is -0.212 e. The van der Waals surface area contributed by atoms with Crippen LogP contribution in [0.25, 0.3) is 0 Å². The molecule has 0 saturated carbocycles. The molecule has 0 saturated heterocycles. The van der Waals surface area contributed by atoms with E-state index in [-0.39, 0.29) is 12.2 Å². The van der Waals surface area contributed by atoms with E-state index in [1.54, 1.807) is 12.2 Å². The van der Waals surface area contributed by atoms with Gasteiger partial charge >= 0.3 is 0 Å². The average molecular weight is 132 g/mol. The number of allylic oxidation sites excluding steroid dienone is 4. The lowest BCUT2D eigenvalue weighted by atomic mass is 10.2. The van der Waals surface area contributed by atoms with Crippen molar-refractivity contribution >= 4 is 11.6 Å². The highest BCUT2D eigenvalue weighted by atomic mass is 35.5. The predicted molar refractivity (Wildman–Crippen MR) is 32.0 cm³/mol. The zero-order chi connectivity index (χ0) is 5.98. The molecule has 0 atom stereocenters. The van der Waals surface area contributed by atoms with Crippen molar-refractivity contribution in [1.82, 2.24) is 0 Å². The van der Waals surface area contributed by atoms with Gasteiger partial charge in [-0.3, -0.25) is 0 Å². The highest BCUT2D eigenvalue weighted by Crippen LogP contribution is 2.23. The van der Waals surface area contributed by atoms with Crippen LogP contribution in [0, 0.1) is 5.38 Å². The van der Waals surface area contributed by atoms with Gasteiger partial charge in [0.05, 0.1) is 5.38 Å². The Balaban J connectivity index is 2.59. The van der Waals surface area contributed by atoms with E-state index >= 15 is 0 Å². The second kappa shape index (κ2) is 2.31. The Kier molecular flexibility index (Phi) is 1.69. The molecule has 1 radical (unpaired) electrons. The minimum absolute atomic E-state index is 0.169. The van der Waals surface area contributed by atoms with Crippen LogP contribution in [0.1, 0.15) is 6.42 Å². The zero-order valence-corrected chi connectivity index (χ0v) is 4.95. The molecule has 2 heteroatoms. The Morgan fingerprint density at radius 1 is 1.62 bits per heavy atom. The standard InChI is InChI=1S/C6H5ClF/c7-5-2-1-3-6(8)4-5/h1-3H,4H2. The molecule has 0 nitrogen and oxygen atoms in total. The van der Waals surface area contributed by atoms with Gasteiger partial charge < -0.3 is 0 Å². The Bertz CT molecular complexity index is 137. The van der Waals surface area contributed by atoms with Gasteiger partial charge in [-0.25, -0.2) is 4.39 Å². The van der Waals surface area contributed by atoms with E-state index in [1.807, 2.05) is 0 Å². The van der Waals surface area contributed by atoms with Gasteiger partial charge in [0.15, 0.2) is 0 Å². The van der Waals surface area contributed by atoms with Gasteiger partial charge in [0.1, 0.15) is 5.83 Å². The molecule has 0 aliphatic heterocycles. The highest BCUT2D eigenvalue weighted by molar-refractivity contribution is 6.28. The van der Waals surface area contributed by atoms with Crippen molar-refractivity contribution in [2.45, 2.75) is 6.42 Å². The molecule has 1 aliphatic carbocycles. The quantitative estimate of drug-likeness (QED) is 0.474. The van der Waals surface area contributed by atoms with Gasteiger partial charge in [-0.15, -0.1) is 11.6 Å². The number of hydrogen-bond donors (Lipinski definition) is 0. The van der Waals surface area contributed by atoms with E-state index in [2.05, 4.69) is 0 Å². The lowest BCUT2D eigenvalue weighted by Gasteiger charge is -2.02. The maximum atomic E-state index is 12.1. The van der Waals surface area contributed by atoms with Gasteiger partial charge in [-0.1, -0.05) is 12.2 Å². The molecule has 0 bridgehead atoms. The first-order chi connectivity index (χ1) is 3.79. The molecule has 0 unspecified atom stereocenters. The van der Waals surface area contributed by atoms with Crippen molar-refractivity contribution in [3.63, 3.8) is 0 Å². The van der Waals surface area contributed by atoms with E-state index in [4.69, 9.17) is 11.6 Å². The fraction of sp³-hybridized carbons (Fsp3) is 0.167. The maximum absolute atomic E-state index is 12.1. The molecule has 8 heavy (non-hydrogen) atoms. The lowest BCUT2D eigenvalue weighted by molar-refractivity contribution is 0.606. The summed E-state index contributed by atoms with van der Waals surface area (Å²) in [5.41, 5.74) is 0. The lowest BCUT2D eigenvalue weighted by Crippen LogP contribution is -1.87. The first-order valence-corrected chi connectivity index (χ1v) is 2.71. The predicted octanol–water partition coefficient (Wildman–Crippen LogP) is 2.57. The van der Waals surface area contributed by atoms with E-state index in [1.165, 1.54) is 6.08 Å². The Morgan fingerprint density at radius 3 is 2.75 bits per heavy atom. The van der Waals surface area contributed by atoms with Crippen molar-refractivity contribution in [2.24, 2.45) is 0 Å². The molecule has 43 valence electrons. The Morgan fingerprint density at radius 2 is 2.38 bits per heavy atom. The fourth-order valence-corrected chi connectivity index (χ4v) is 0.737. The smallest absolute Gasteiger partial charge is 0.102 e. The molecule has 0 N–H and O–H groups in total. The molecular weight excluding hydrogens is 127 g/mol. The average Bonchev–Trinajstić information content (AvgIpc) is 1.64. The SMILES string of the molecule is FC1=CC=C[C](Cl)C1. The first kappa shape index (κ1) is 5.83. The molecule has 0 spiro atoms. The van der Waals surface area contributed by atoms with E-state index in [9.17, 15) is 4.39 Å². The summed E-state index contributed by atoms with van der Waals surface area (Å²) in [4.78, 5) is 0. The Hall–Kier alpha value is -0.300. The molecule has 0 amide bonds. The zero-order valence-electron chi connectivity index (χ0n) is 4.20. The van der Waals surface area contributed by atoms with E-state index < -0.39 is 0 Å². The second-order valence-electron chi connectivity index (χ2n) is 1.60. The number of rotatable bonds is 0. The van der Waals surface area contributed by atoms with Crippen molar-refractivity contribution in [3.05, 3.63) is 29.4 Å². The van der Waals surface area contributed by atoms with Crippen molar-refractivity contribution in [2.75, 3.05) is 0 Å². The van der Waals surface area contributed by atoms with Crippen LogP contribution >= 0.6 is 11.6 Å². The van der Waals surface area contributed by atoms with Crippen LogP contribution in [0.3, 0.4) is 0 Å². The van der Waals surface area contributed by atoms with Gasteiger partial charge in [0.2, 0.25) is 0 Å². The number of halogens is 2. The van der Waals surface area contributed by atoms with Crippen LogP contribution in [0.5, 0.6) is 0 Å². The third-order valence-corrected chi connectivity index (χ3v) is 1.15. The van der Waals surface area contributed by atoms with Crippen LogP contribution in [-0.2, 0) is 0 Å². The van der Waals surface area contributed by atoms with Crippen LogP contribution in [0.4, 0.5) is 4.39 Å². The van der Waals surface area contributed by atoms with Crippen molar-refractivity contribution in [3.8, 4) is 0 Å². The number of hydrogen-bond acceptors (Lipinski definition) is 0. The molecule has 0 aromatic heterocycles. The summed E-state index contributed by atoms with van der Waals surface area (Å²) in [6.45, 7) is 0. The summed E-state index contributed by atoms with van der Waals surface area (Å²) in [6, 6.07) is 0. The van der Waals surface area contributed by atoms with E-state index in [0.717, 1.165) is 0 Å². The van der Waals surface area contributed by atoms with Gasteiger partial charge in [0, 0.05) is 6.42 Å². The normalized spacial score (nSPS) is 21.0. The fourth-order valence-electron chi connectivity index (χ4n) is 0.536. The van der Waals surface area contributed by atoms with Crippen molar-refractivity contribution < 1.29 is 4.39 Å². The molecule has 1 aliphatic rings. The Labute approximate surface area is 52.6 Å². The summed E-state index contributed by atoms with van der Waals surface area (Å²) in [7, 11) is 0. The van der Waals surface area contributed by atoms with Gasteiger partial charge in [-0.2, -0.15) is 0 Å². The van der Waals surface area contributed by atoms with Crippen LogP contribution < -0.4 is 0 Å². The monoisotopic (exact) mass is 131 g/mol. The summed E-state index contributed by atoms with van der Waals surface area (Å²) in [6.07, 6.45) is 4.95. The van der Waals surface area contributed by atoms with E-state index in [0.29, 0.717) is 5.38 Å². The third-order valence-electron chi connectivity index (χ3n) is 0.892. The molecule has 1 rings (SSSR count). The first-order valence-electron chi connectivity index (χ1n) is 2.33. The summed E-state index contributed by atoms with van der Waals surface area (Å²) < 4.78 is 12.1. The largest absolute Gasteiger partial charge is 0.212 e. The maximum Gasteiger partial charge on any atom is 0.102 e. The molecule has 0 heterocycles. The van der Waals surface area contributed by atoms with Gasteiger partial charge in [0.25, 0.3) is 0 Å². The van der Waals surface area contributed by atoms with Gasteiger partial charge in [-0.05, 0) is 6.08 Å². The summed E-state index contributed by atoms with van der Waals surface area (Å²) >= 11 is 5.46. The van der Waals surface area contributed by atoms with Crippen LogP contribution in [0.2, 0.25) is 0 Å². The summed E-state index contributed by atoms with van der Waals surface area (Å²) in [5, 5.41) is 0.560. The van der Waals surface area contributed by atoms with Crippen molar-refractivity contribution in [1.29, 1.82) is 0 Å². The topological polar surface area (TPSA) is 0 Å². The highest BCUT2D eigenvalue weighted by Gasteiger charge is 2.06. The molecule has 0 aromatic rings. The second-order valence-corrected chi connectivity index (χ2v) is 2.08. The van der Waals surface area contributed by atoms with Crippen LogP contribution in [-0.4, -0.2) is 0 Å². The summed E-state index contributed by atoms with van der Waals surface area (Å²) in [5.74, 6) is -0.169.